The Morgan fingerprint density at radius 3 is 2.41 bits per heavy atom. The van der Waals surface area contributed by atoms with E-state index in [1.54, 1.807) is 0 Å². The lowest BCUT2D eigenvalue weighted by Gasteiger charge is -2.30. The van der Waals surface area contributed by atoms with Crippen molar-refractivity contribution in [1.82, 2.24) is 5.32 Å². The Bertz CT molecular complexity index is 1330. The van der Waals surface area contributed by atoms with Crippen molar-refractivity contribution in [2.24, 2.45) is 5.73 Å². The van der Waals surface area contributed by atoms with E-state index in [-0.39, 0.29) is 17.7 Å². The summed E-state index contributed by atoms with van der Waals surface area (Å²) in [4.78, 5) is 13.4. The Balaban J connectivity index is 1.62. The summed E-state index contributed by atoms with van der Waals surface area (Å²) in [7, 11) is 0. The van der Waals surface area contributed by atoms with Gasteiger partial charge in [-0.2, -0.15) is 0 Å². The minimum absolute atomic E-state index is 0.131. The normalized spacial score (nSPS) is 15.2. The van der Waals surface area contributed by atoms with Gasteiger partial charge in [0.1, 0.15) is 5.75 Å². The van der Waals surface area contributed by atoms with E-state index in [2.05, 4.69) is 33.4 Å². The molecule has 5 rings (SSSR count). The summed E-state index contributed by atoms with van der Waals surface area (Å²) in [6, 6.07) is 29.9. The molecule has 4 nitrogen and oxygen atoms in total. The summed E-state index contributed by atoms with van der Waals surface area (Å²) in [6.07, 6.45) is 0. The fourth-order valence-corrected chi connectivity index (χ4v) is 4.49. The number of nitrogens with one attached hydrogen (secondary N) is 1. The lowest BCUT2D eigenvalue weighted by atomic mass is 9.80. The molecule has 0 bridgehead atoms. The van der Waals surface area contributed by atoms with E-state index >= 15 is 0 Å². The molecule has 1 heterocycles. The molecule has 5 heteroatoms. The van der Waals surface area contributed by atoms with Crippen LogP contribution in [0.3, 0.4) is 0 Å². The number of halogens is 1. The monoisotopic (exact) mass is 484 g/mol. The third kappa shape index (κ3) is 3.76. The summed E-state index contributed by atoms with van der Waals surface area (Å²) in [6.45, 7) is 0.409. The molecular formula is C27H21BrN2O2. The highest BCUT2D eigenvalue weighted by Crippen LogP contribution is 2.46. The molecule has 0 radical (unpaired) electrons. The van der Waals surface area contributed by atoms with Gasteiger partial charge >= 0.3 is 0 Å². The fraction of sp³-hybridized carbons (Fsp3) is 0.0741. The van der Waals surface area contributed by atoms with Gasteiger partial charge in [0.15, 0.2) is 0 Å². The molecule has 3 N–H and O–H groups in total. The third-order valence-corrected chi connectivity index (χ3v) is 6.27. The lowest BCUT2D eigenvalue weighted by molar-refractivity contribution is -0.118. The highest BCUT2D eigenvalue weighted by atomic mass is 79.9. The van der Waals surface area contributed by atoms with Gasteiger partial charge in [0.25, 0.3) is 5.91 Å². The van der Waals surface area contributed by atoms with Crippen LogP contribution in [0.25, 0.3) is 10.8 Å². The molecule has 0 spiro atoms. The molecule has 0 saturated carbocycles. The zero-order valence-corrected chi connectivity index (χ0v) is 18.8. The van der Waals surface area contributed by atoms with Crippen molar-refractivity contribution in [2.45, 2.75) is 12.5 Å². The van der Waals surface area contributed by atoms with Crippen LogP contribution in [0.4, 0.5) is 0 Å². The van der Waals surface area contributed by atoms with Gasteiger partial charge in [-0.3, -0.25) is 4.79 Å². The molecule has 0 aliphatic carbocycles. The van der Waals surface area contributed by atoms with Crippen molar-refractivity contribution in [1.29, 1.82) is 0 Å². The fourth-order valence-electron chi connectivity index (χ4n) is 4.23. The molecule has 1 amide bonds. The highest BCUT2D eigenvalue weighted by molar-refractivity contribution is 9.10. The second kappa shape index (κ2) is 8.52. The highest BCUT2D eigenvalue weighted by Gasteiger charge is 2.35. The molecule has 4 aromatic carbocycles. The Morgan fingerprint density at radius 1 is 0.906 bits per heavy atom. The summed E-state index contributed by atoms with van der Waals surface area (Å²) < 4.78 is 6.96. The second-order valence-corrected chi connectivity index (χ2v) is 8.65. The quantitative estimate of drug-likeness (QED) is 0.395. The van der Waals surface area contributed by atoms with Gasteiger partial charge in [-0.05, 0) is 40.1 Å². The van der Waals surface area contributed by atoms with Crippen molar-refractivity contribution in [2.75, 3.05) is 0 Å². The Labute approximate surface area is 194 Å². The van der Waals surface area contributed by atoms with E-state index in [1.165, 1.54) is 0 Å². The summed E-state index contributed by atoms with van der Waals surface area (Å²) >= 11 is 3.51. The number of rotatable bonds is 4. The molecule has 32 heavy (non-hydrogen) atoms. The van der Waals surface area contributed by atoms with Gasteiger partial charge in [0.2, 0.25) is 5.88 Å². The zero-order valence-electron chi connectivity index (χ0n) is 17.2. The molecule has 0 saturated heterocycles. The van der Waals surface area contributed by atoms with Crippen molar-refractivity contribution in [3.05, 3.63) is 124 Å². The van der Waals surface area contributed by atoms with Crippen LogP contribution in [-0.2, 0) is 11.3 Å². The number of ether oxygens (including phenoxy) is 1. The molecule has 1 atom stereocenters. The maximum absolute atomic E-state index is 13.4. The van der Waals surface area contributed by atoms with Crippen LogP contribution in [0.2, 0.25) is 0 Å². The smallest absolute Gasteiger partial charge is 0.253 e. The molecule has 1 aliphatic rings. The summed E-state index contributed by atoms with van der Waals surface area (Å²) in [5, 5.41) is 5.15. The summed E-state index contributed by atoms with van der Waals surface area (Å²) in [5.74, 6) is 0.214. The first-order valence-corrected chi connectivity index (χ1v) is 11.2. The SMILES string of the molecule is NC1=C(C(=O)NCc2ccccc2)C(c2ccc(Br)cc2)c2c(ccc3ccccc23)O1. The minimum atomic E-state index is -0.353. The minimum Gasteiger partial charge on any atom is -0.441 e. The van der Waals surface area contributed by atoms with Gasteiger partial charge in [0, 0.05) is 22.5 Å². The molecule has 4 aromatic rings. The van der Waals surface area contributed by atoms with Gasteiger partial charge in [-0.15, -0.1) is 0 Å². The predicted molar refractivity (Wildman–Crippen MR) is 130 cm³/mol. The molecule has 0 fully saturated rings. The number of amides is 1. The number of fused-ring (bicyclic) bond motifs is 3. The average Bonchev–Trinajstić information content (AvgIpc) is 2.82. The standard InChI is InChI=1S/C27H21BrN2O2/c28-20-13-10-19(11-14-20)23-24-21-9-5-4-8-18(21)12-15-22(24)32-26(29)25(23)27(31)30-16-17-6-2-1-3-7-17/h1-15,23H,16,29H2,(H,30,31). The molecule has 1 unspecified atom stereocenters. The second-order valence-electron chi connectivity index (χ2n) is 7.73. The van der Waals surface area contributed by atoms with Crippen LogP contribution in [-0.4, -0.2) is 5.91 Å². The number of carbonyl (C=O) groups excluding carboxylic acids is 1. The van der Waals surface area contributed by atoms with Crippen LogP contribution >= 0.6 is 15.9 Å². The number of hydrogen-bond acceptors (Lipinski definition) is 3. The topological polar surface area (TPSA) is 64.4 Å². The Hall–Kier alpha value is -3.57. The van der Waals surface area contributed by atoms with Gasteiger partial charge in [0.05, 0.1) is 5.57 Å². The first kappa shape index (κ1) is 20.3. The molecule has 158 valence electrons. The third-order valence-electron chi connectivity index (χ3n) is 5.74. The van der Waals surface area contributed by atoms with Crippen molar-refractivity contribution < 1.29 is 9.53 Å². The van der Waals surface area contributed by atoms with E-state index in [1.807, 2.05) is 78.9 Å². The van der Waals surface area contributed by atoms with Gasteiger partial charge < -0.3 is 15.8 Å². The maximum atomic E-state index is 13.4. The summed E-state index contributed by atoms with van der Waals surface area (Å²) in [5.41, 5.74) is 9.72. The van der Waals surface area contributed by atoms with Crippen LogP contribution in [0, 0.1) is 0 Å². The van der Waals surface area contributed by atoms with Crippen LogP contribution in [0.15, 0.2) is 107 Å². The van der Waals surface area contributed by atoms with Crippen molar-refractivity contribution >= 4 is 32.6 Å². The number of nitrogens with two attached hydrogens (primary N) is 1. The molecule has 0 aromatic heterocycles. The maximum Gasteiger partial charge on any atom is 0.253 e. The predicted octanol–water partition coefficient (Wildman–Crippen LogP) is 5.61. The molecule has 1 aliphatic heterocycles. The number of carbonyl (C=O) groups is 1. The molecular weight excluding hydrogens is 464 g/mol. The van der Waals surface area contributed by atoms with Crippen LogP contribution in [0.1, 0.15) is 22.6 Å². The lowest BCUT2D eigenvalue weighted by Crippen LogP contribution is -2.33. The van der Waals surface area contributed by atoms with Gasteiger partial charge in [-0.25, -0.2) is 0 Å². The van der Waals surface area contributed by atoms with Crippen molar-refractivity contribution in [3.63, 3.8) is 0 Å². The first-order valence-electron chi connectivity index (χ1n) is 10.4. The van der Waals surface area contributed by atoms with Crippen molar-refractivity contribution in [3.8, 4) is 5.75 Å². The Morgan fingerprint density at radius 2 is 1.62 bits per heavy atom. The number of benzene rings is 4. The van der Waals surface area contributed by atoms with E-state index in [4.69, 9.17) is 10.5 Å². The largest absolute Gasteiger partial charge is 0.441 e. The van der Waals surface area contributed by atoms with E-state index in [9.17, 15) is 4.79 Å². The van der Waals surface area contributed by atoms with Crippen LogP contribution in [0.5, 0.6) is 5.75 Å². The van der Waals surface area contributed by atoms with Crippen LogP contribution < -0.4 is 15.8 Å². The average molecular weight is 485 g/mol. The van der Waals surface area contributed by atoms with E-state index < -0.39 is 0 Å². The first-order chi connectivity index (χ1) is 15.6. The Kier molecular flexibility index (Phi) is 5.41. The van der Waals surface area contributed by atoms with E-state index in [0.717, 1.165) is 31.9 Å². The van der Waals surface area contributed by atoms with Gasteiger partial charge in [-0.1, -0.05) is 88.7 Å². The number of hydrogen-bond donors (Lipinski definition) is 2. The van der Waals surface area contributed by atoms with E-state index in [0.29, 0.717) is 17.9 Å². The zero-order chi connectivity index (χ0) is 22.1.